The highest BCUT2D eigenvalue weighted by molar-refractivity contribution is 5.88. The summed E-state index contributed by atoms with van der Waals surface area (Å²) >= 11 is 0. The molecule has 134 valence electrons. The van der Waals surface area contributed by atoms with E-state index in [1.165, 1.54) is 0 Å². The number of carbonyl (C=O) groups excluding carboxylic acids is 1. The van der Waals surface area contributed by atoms with Gasteiger partial charge < -0.3 is 14.6 Å². The fraction of sp³-hybridized carbons (Fsp3) is 0.526. The van der Waals surface area contributed by atoms with Crippen LogP contribution in [0.5, 0.6) is 5.75 Å². The van der Waals surface area contributed by atoms with Crippen LogP contribution in [0.25, 0.3) is 0 Å². The second-order valence-electron chi connectivity index (χ2n) is 6.56. The molecule has 1 aromatic carbocycles. The molecule has 1 amide bonds. The molecule has 25 heavy (non-hydrogen) atoms. The summed E-state index contributed by atoms with van der Waals surface area (Å²) in [6.45, 7) is 3.47. The molecule has 1 heterocycles. The zero-order chi connectivity index (χ0) is 17.7. The third kappa shape index (κ3) is 3.52. The third-order valence-corrected chi connectivity index (χ3v) is 5.18. The average Bonchev–Trinajstić information content (AvgIpc) is 3.31. The number of ether oxygens (including phenoxy) is 1. The molecule has 1 saturated carbocycles. The second-order valence-corrected chi connectivity index (χ2v) is 6.56. The molecule has 3 rings (SSSR count). The number of hydrogen-bond donors (Lipinski definition) is 1. The molecule has 6 heteroatoms. The van der Waals surface area contributed by atoms with Crippen LogP contribution in [0, 0.1) is 0 Å². The minimum atomic E-state index is -0.438. The first-order chi connectivity index (χ1) is 12.2. The molecule has 1 aliphatic rings. The van der Waals surface area contributed by atoms with Crippen molar-refractivity contribution in [3.63, 3.8) is 0 Å². The molecule has 1 aromatic heterocycles. The number of nitrogens with one attached hydrogen (secondary N) is 1. The maximum absolute atomic E-state index is 13.1. The van der Waals surface area contributed by atoms with Gasteiger partial charge >= 0.3 is 0 Å². The highest BCUT2D eigenvalue weighted by Gasteiger charge is 2.42. The third-order valence-electron chi connectivity index (χ3n) is 5.18. The summed E-state index contributed by atoms with van der Waals surface area (Å²) in [7, 11) is 1.66. The Bertz CT molecular complexity index is 720. The van der Waals surface area contributed by atoms with E-state index in [0.29, 0.717) is 13.0 Å². The van der Waals surface area contributed by atoms with Crippen LogP contribution in [0.15, 0.2) is 30.6 Å². The van der Waals surface area contributed by atoms with Crippen molar-refractivity contribution < 1.29 is 9.53 Å². The van der Waals surface area contributed by atoms with Crippen LogP contribution in [0.4, 0.5) is 0 Å². The molecular weight excluding hydrogens is 316 g/mol. The SMILES string of the molecule is CCn1cnnc1CCNC(=O)C1(c2cccc(OC)c2)CCCC1. The van der Waals surface area contributed by atoms with Crippen LogP contribution in [0.3, 0.4) is 0 Å². The van der Waals surface area contributed by atoms with Gasteiger partial charge in [0, 0.05) is 19.5 Å². The molecule has 2 aromatic rings. The van der Waals surface area contributed by atoms with Crippen molar-refractivity contribution in [1.29, 1.82) is 0 Å². The minimum Gasteiger partial charge on any atom is -0.497 e. The molecule has 0 aliphatic heterocycles. The van der Waals surface area contributed by atoms with E-state index in [0.717, 1.165) is 49.4 Å². The van der Waals surface area contributed by atoms with Crippen LogP contribution in [-0.4, -0.2) is 34.3 Å². The molecular formula is C19H26N4O2. The van der Waals surface area contributed by atoms with E-state index in [9.17, 15) is 4.79 Å². The first-order valence-corrected chi connectivity index (χ1v) is 8.99. The number of nitrogens with zero attached hydrogens (tertiary/aromatic N) is 3. The maximum atomic E-state index is 13.1. The molecule has 1 fully saturated rings. The Morgan fingerprint density at radius 2 is 2.16 bits per heavy atom. The number of amides is 1. The van der Waals surface area contributed by atoms with Crippen molar-refractivity contribution >= 4 is 5.91 Å². The van der Waals surface area contributed by atoms with Gasteiger partial charge in [0.1, 0.15) is 17.9 Å². The minimum absolute atomic E-state index is 0.112. The van der Waals surface area contributed by atoms with Crippen LogP contribution in [0.2, 0.25) is 0 Å². The van der Waals surface area contributed by atoms with Gasteiger partial charge in [-0.2, -0.15) is 0 Å². The zero-order valence-electron chi connectivity index (χ0n) is 15.0. The van der Waals surface area contributed by atoms with E-state index in [1.54, 1.807) is 13.4 Å². The lowest BCUT2D eigenvalue weighted by Gasteiger charge is -2.28. The fourth-order valence-electron chi connectivity index (χ4n) is 3.74. The van der Waals surface area contributed by atoms with Crippen LogP contribution >= 0.6 is 0 Å². The molecule has 6 nitrogen and oxygen atoms in total. The summed E-state index contributed by atoms with van der Waals surface area (Å²) < 4.78 is 7.34. The molecule has 0 radical (unpaired) electrons. The monoisotopic (exact) mass is 342 g/mol. The van der Waals surface area contributed by atoms with Gasteiger partial charge in [0.15, 0.2) is 0 Å². The van der Waals surface area contributed by atoms with E-state index in [-0.39, 0.29) is 5.91 Å². The largest absolute Gasteiger partial charge is 0.497 e. The van der Waals surface area contributed by atoms with Crippen LogP contribution in [0.1, 0.15) is 44.0 Å². The van der Waals surface area contributed by atoms with Crippen molar-refractivity contribution in [3.8, 4) is 5.75 Å². The van der Waals surface area contributed by atoms with Crippen molar-refractivity contribution in [3.05, 3.63) is 42.0 Å². The van der Waals surface area contributed by atoms with Gasteiger partial charge in [-0.05, 0) is 37.5 Å². The quantitative estimate of drug-likeness (QED) is 0.839. The Balaban J connectivity index is 1.70. The lowest BCUT2D eigenvalue weighted by molar-refractivity contribution is -0.126. The number of hydrogen-bond acceptors (Lipinski definition) is 4. The number of rotatable bonds is 7. The molecule has 0 atom stereocenters. The van der Waals surface area contributed by atoms with E-state index >= 15 is 0 Å². The zero-order valence-corrected chi connectivity index (χ0v) is 15.0. The van der Waals surface area contributed by atoms with E-state index in [4.69, 9.17) is 4.74 Å². The molecule has 1 aliphatic carbocycles. The Morgan fingerprint density at radius 1 is 1.36 bits per heavy atom. The average molecular weight is 342 g/mol. The molecule has 0 unspecified atom stereocenters. The summed E-state index contributed by atoms with van der Waals surface area (Å²) in [5, 5.41) is 11.2. The molecule has 0 saturated heterocycles. The Hall–Kier alpha value is -2.37. The van der Waals surface area contributed by atoms with E-state index in [1.807, 2.05) is 28.8 Å². The number of methoxy groups -OCH3 is 1. The molecule has 0 bridgehead atoms. The molecule has 1 N–H and O–H groups in total. The van der Waals surface area contributed by atoms with Gasteiger partial charge in [0.25, 0.3) is 0 Å². The van der Waals surface area contributed by atoms with Crippen LogP contribution in [-0.2, 0) is 23.2 Å². The van der Waals surface area contributed by atoms with Gasteiger partial charge in [0.2, 0.25) is 5.91 Å². The van der Waals surface area contributed by atoms with Gasteiger partial charge in [-0.25, -0.2) is 0 Å². The summed E-state index contributed by atoms with van der Waals surface area (Å²) in [6.07, 6.45) is 6.34. The van der Waals surface area contributed by atoms with Crippen molar-refractivity contribution in [2.24, 2.45) is 0 Å². The van der Waals surface area contributed by atoms with E-state index in [2.05, 4.69) is 22.4 Å². The predicted molar refractivity (Wildman–Crippen MR) is 95.5 cm³/mol. The summed E-state index contributed by atoms with van der Waals surface area (Å²) in [6, 6.07) is 7.92. The standard InChI is InChI=1S/C19H26N4O2/c1-3-23-14-21-22-17(23)9-12-20-18(24)19(10-4-5-11-19)15-7-6-8-16(13-15)25-2/h6-8,13-14H,3-5,9-12H2,1-2H3,(H,20,24). The summed E-state index contributed by atoms with van der Waals surface area (Å²) in [5.74, 6) is 1.82. The lowest BCUT2D eigenvalue weighted by Crippen LogP contribution is -2.43. The lowest BCUT2D eigenvalue weighted by atomic mass is 9.78. The predicted octanol–water partition coefficient (Wildman–Crippen LogP) is 2.48. The first-order valence-electron chi connectivity index (χ1n) is 8.99. The van der Waals surface area contributed by atoms with Crippen LogP contribution < -0.4 is 10.1 Å². The highest BCUT2D eigenvalue weighted by Crippen LogP contribution is 2.42. The number of aryl methyl sites for hydroxylation is 1. The summed E-state index contributed by atoms with van der Waals surface area (Å²) in [5.41, 5.74) is 0.617. The number of aromatic nitrogens is 3. The van der Waals surface area contributed by atoms with Gasteiger partial charge in [-0.1, -0.05) is 25.0 Å². The van der Waals surface area contributed by atoms with Crippen molar-refractivity contribution in [1.82, 2.24) is 20.1 Å². The van der Waals surface area contributed by atoms with E-state index < -0.39 is 5.41 Å². The van der Waals surface area contributed by atoms with Gasteiger partial charge in [0.05, 0.1) is 12.5 Å². The van der Waals surface area contributed by atoms with Gasteiger partial charge in [-0.3, -0.25) is 4.79 Å². The smallest absolute Gasteiger partial charge is 0.230 e. The number of carbonyl (C=O) groups is 1. The summed E-state index contributed by atoms with van der Waals surface area (Å²) in [4.78, 5) is 13.1. The van der Waals surface area contributed by atoms with Crippen molar-refractivity contribution in [2.45, 2.75) is 51.0 Å². The highest BCUT2D eigenvalue weighted by atomic mass is 16.5. The topological polar surface area (TPSA) is 69.0 Å². The Morgan fingerprint density at radius 3 is 2.88 bits per heavy atom. The first kappa shape index (κ1) is 17.5. The Kier molecular flexibility index (Phi) is 5.36. The Labute approximate surface area is 148 Å². The normalized spacial score (nSPS) is 15.9. The second kappa shape index (κ2) is 7.68. The van der Waals surface area contributed by atoms with Gasteiger partial charge in [-0.15, -0.1) is 10.2 Å². The number of benzene rings is 1. The fourth-order valence-corrected chi connectivity index (χ4v) is 3.74. The van der Waals surface area contributed by atoms with Crippen molar-refractivity contribution in [2.75, 3.05) is 13.7 Å². The molecule has 0 spiro atoms. The maximum Gasteiger partial charge on any atom is 0.230 e.